The molecule has 10 heteroatoms. The normalized spacial score (nSPS) is 19.4. The molecule has 0 aromatic heterocycles. The first-order chi connectivity index (χ1) is 17.2. The second-order valence-electron chi connectivity index (χ2n) is 8.59. The number of ketones is 1. The lowest BCUT2D eigenvalue weighted by Crippen LogP contribution is -2.36. The van der Waals surface area contributed by atoms with Crippen LogP contribution >= 0.6 is 11.6 Å². The lowest BCUT2D eigenvalue weighted by molar-refractivity contribution is -0.384. The molecule has 1 aliphatic heterocycles. The van der Waals surface area contributed by atoms with Crippen molar-refractivity contribution in [1.29, 1.82) is 0 Å². The summed E-state index contributed by atoms with van der Waals surface area (Å²) in [6.07, 6.45) is 0.685. The van der Waals surface area contributed by atoms with Crippen molar-refractivity contribution in [3.8, 4) is 11.5 Å². The smallest absolute Gasteiger partial charge is 0.336 e. The van der Waals surface area contributed by atoms with Gasteiger partial charge in [0.05, 0.1) is 31.8 Å². The molecule has 1 aliphatic carbocycles. The molecule has 2 aliphatic rings. The summed E-state index contributed by atoms with van der Waals surface area (Å²) < 4.78 is 15.8. The zero-order valence-corrected chi connectivity index (χ0v) is 21.0. The average Bonchev–Trinajstić information content (AvgIpc) is 2.87. The van der Waals surface area contributed by atoms with Gasteiger partial charge in [-0.25, -0.2) is 4.79 Å². The third-order valence-electron chi connectivity index (χ3n) is 6.61. The Hall–Kier alpha value is -3.85. The van der Waals surface area contributed by atoms with Gasteiger partial charge in [0.25, 0.3) is 5.69 Å². The van der Waals surface area contributed by atoms with E-state index in [1.54, 1.807) is 33.3 Å². The first kappa shape index (κ1) is 25.2. The number of hydrogen-bond donors (Lipinski definition) is 1. The van der Waals surface area contributed by atoms with Crippen molar-refractivity contribution in [2.45, 2.75) is 31.6 Å². The predicted octanol–water partition coefficient (Wildman–Crippen LogP) is 4.80. The van der Waals surface area contributed by atoms with Crippen LogP contribution in [0.15, 0.2) is 58.9 Å². The van der Waals surface area contributed by atoms with Gasteiger partial charge in [-0.2, -0.15) is 0 Å². The maximum atomic E-state index is 13.6. The molecule has 0 bridgehead atoms. The van der Waals surface area contributed by atoms with Crippen molar-refractivity contribution in [2.24, 2.45) is 0 Å². The number of ether oxygens (including phenoxy) is 3. The van der Waals surface area contributed by atoms with E-state index >= 15 is 0 Å². The molecule has 2 aromatic rings. The van der Waals surface area contributed by atoms with Crippen molar-refractivity contribution in [3.63, 3.8) is 0 Å². The molecule has 2 aromatic carbocycles. The van der Waals surface area contributed by atoms with Gasteiger partial charge in [-0.15, -0.1) is 0 Å². The van der Waals surface area contributed by atoms with Gasteiger partial charge < -0.3 is 19.5 Å². The van der Waals surface area contributed by atoms with E-state index in [0.717, 1.165) is 5.56 Å². The summed E-state index contributed by atoms with van der Waals surface area (Å²) in [5.74, 6) is -0.608. The highest BCUT2D eigenvalue weighted by Gasteiger charge is 2.42. The van der Waals surface area contributed by atoms with Crippen LogP contribution in [0.3, 0.4) is 0 Å². The molecule has 1 heterocycles. The van der Waals surface area contributed by atoms with Crippen molar-refractivity contribution in [1.82, 2.24) is 5.32 Å². The number of esters is 1. The van der Waals surface area contributed by atoms with Gasteiger partial charge in [0, 0.05) is 35.4 Å². The summed E-state index contributed by atoms with van der Waals surface area (Å²) in [6.45, 7) is 1.72. The summed E-state index contributed by atoms with van der Waals surface area (Å²) in [5.41, 5.74) is 2.83. The lowest BCUT2D eigenvalue weighted by atomic mass is 9.71. The summed E-state index contributed by atoms with van der Waals surface area (Å²) in [7, 11) is 4.36. The van der Waals surface area contributed by atoms with Crippen molar-refractivity contribution in [2.75, 3.05) is 21.3 Å². The number of carbonyl (C=O) groups is 2. The van der Waals surface area contributed by atoms with Crippen LogP contribution in [-0.2, 0) is 14.3 Å². The molecule has 0 fully saturated rings. The monoisotopic (exact) mass is 512 g/mol. The Morgan fingerprint density at radius 3 is 2.39 bits per heavy atom. The Bertz CT molecular complexity index is 1330. The number of benzene rings is 2. The number of rotatable bonds is 6. The number of halogens is 1. The molecule has 0 amide bonds. The number of nitrogens with one attached hydrogen (secondary N) is 1. The predicted molar refractivity (Wildman–Crippen MR) is 132 cm³/mol. The zero-order valence-electron chi connectivity index (χ0n) is 20.2. The van der Waals surface area contributed by atoms with Crippen LogP contribution in [0.25, 0.3) is 0 Å². The zero-order chi connectivity index (χ0) is 26.1. The minimum Gasteiger partial charge on any atom is -0.493 e. The van der Waals surface area contributed by atoms with Crippen LogP contribution in [0.5, 0.6) is 11.5 Å². The second kappa shape index (κ2) is 10.0. The molecule has 0 saturated carbocycles. The van der Waals surface area contributed by atoms with Gasteiger partial charge in [0.1, 0.15) is 5.02 Å². The number of nitro groups is 1. The molecule has 188 valence electrons. The molecule has 0 radical (unpaired) electrons. The van der Waals surface area contributed by atoms with E-state index in [1.165, 1.54) is 19.2 Å². The Morgan fingerprint density at radius 2 is 1.75 bits per heavy atom. The summed E-state index contributed by atoms with van der Waals surface area (Å²) in [6, 6.07) is 9.87. The number of allylic oxidation sites excluding steroid dienone is 3. The van der Waals surface area contributed by atoms with E-state index in [0.29, 0.717) is 40.5 Å². The average molecular weight is 513 g/mol. The Labute approximate surface area is 212 Å². The highest BCUT2D eigenvalue weighted by Crippen LogP contribution is 2.47. The van der Waals surface area contributed by atoms with Gasteiger partial charge >= 0.3 is 5.97 Å². The minimum atomic E-state index is -0.830. The Balaban J connectivity index is 1.82. The van der Waals surface area contributed by atoms with Crippen LogP contribution in [0, 0.1) is 10.1 Å². The number of methoxy groups -OCH3 is 3. The topological polar surface area (TPSA) is 117 Å². The number of hydrogen-bond acceptors (Lipinski definition) is 8. The summed E-state index contributed by atoms with van der Waals surface area (Å²) in [4.78, 5) is 37.4. The fourth-order valence-electron chi connectivity index (χ4n) is 4.94. The molecular formula is C26H25ClN2O7. The SMILES string of the molecule is COC(=O)C1=C(C)NC2=C(C(=O)C[C@@H](c3ccc(OC)c(OC)c3)C2)[C@@H]1c1ccc(Cl)c([N+](=O)[O-])c1. The standard InChI is InChI=1S/C26H25ClN2O7/c1-13-23(26(31)36-4)24(15-5-7-17(27)19(10-15)29(32)33)25-18(28-13)9-16(11-20(25)30)14-6-8-21(34-2)22(12-14)35-3/h5-8,10,12,16,24,28H,9,11H2,1-4H3/t16-,24+/m0/s1. The third-order valence-corrected chi connectivity index (χ3v) is 6.93. The fraction of sp³-hybridized carbons (Fsp3) is 0.308. The first-order valence-corrected chi connectivity index (χ1v) is 11.6. The van der Waals surface area contributed by atoms with Crippen LogP contribution in [0.2, 0.25) is 5.02 Å². The van der Waals surface area contributed by atoms with Gasteiger partial charge in [0.2, 0.25) is 0 Å². The lowest BCUT2D eigenvalue weighted by Gasteiger charge is -2.36. The first-order valence-electron chi connectivity index (χ1n) is 11.2. The van der Waals surface area contributed by atoms with Crippen molar-refractivity contribution in [3.05, 3.63) is 85.2 Å². The van der Waals surface area contributed by atoms with Gasteiger partial charge in [0.15, 0.2) is 17.3 Å². The van der Waals surface area contributed by atoms with E-state index < -0.39 is 16.8 Å². The van der Waals surface area contributed by atoms with E-state index in [4.69, 9.17) is 25.8 Å². The van der Waals surface area contributed by atoms with Gasteiger partial charge in [-0.1, -0.05) is 23.7 Å². The number of Topliss-reactive ketones (excluding diaryl/α,β-unsaturated/α-hetero) is 1. The van der Waals surface area contributed by atoms with Crippen molar-refractivity contribution < 1.29 is 28.7 Å². The third kappa shape index (κ3) is 4.42. The number of dihydropyridines is 1. The fourth-order valence-corrected chi connectivity index (χ4v) is 5.13. The largest absolute Gasteiger partial charge is 0.493 e. The molecule has 0 unspecified atom stereocenters. The van der Waals surface area contributed by atoms with E-state index in [1.807, 2.05) is 12.1 Å². The van der Waals surface area contributed by atoms with Gasteiger partial charge in [-0.3, -0.25) is 14.9 Å². The highest BCUT2D eigenvalue weighted by atomic mass is 35.5. The molecule has 36 heavy (non-hydrogen) atoms. The highest BCUT2D eigenvalue weighted by molar-refractivity contribution is 6.32. The Kier molecular flexibility index (Phi) is 7.03. The van der Waals surface area contributed by atoms with Crippen LogP contribution in [-0.4, -0.2) is 38.0 Å². The molecule has 1 N–H and O–H groups in total. The summed E-state index contributed by atoms with van der Waals surface area (Å²) in [5, 5.41) is 14.7. The minimum absolute atomic E-state index is 0.0318. The number of nitro benzene ring substituents is 1. The molecule has 4 rings (SSSR count). The van der Waals surface area contributed by atoms with Crippen LogP contribution in [0.1, 0.15) is 42.7 Å². The molecule has 2 atom stereocenters. The van der Waals surface area contributed by atoms with E-state index in [-0.39, 0.29) is 34.4 Å². The maximum Gasteiger partial charge on any atom is 0.336 e. The van der Waals surface area contributed by atoms with Crippen LogP contribution < -0.4 is 14.8 Å². The molecule has 0 spiro atoms. The summed E-state index contributed by atoms with van der Waals surface area (Å²) >= 11 is 6.03. The Morgan fingerprint density at radius 1 is 1.06 bits per heavy atom. The van der Waals surface area contributed by atoms with Gasteiger partial charge in [-0.05, 0) is 48.6 Å². The maximum absolute atomic E-state index is 13.6. The number of nitrogens with zero attached hydrogens (tertiary/aromatic N) is 1. The second-order valence-corrected chi connectivity index (χ2v) is 9.00. The molecule has 9 nitrogen and oxygen atoms in total. The quantitative estimate of drug-likeness (QED) is 0.333. The molecular weight excluding hydrogens is 488 g/mol. The van der Waals surface area contributed by atoms with E-state index in [9.17, 15) is 19.7 Å². The van der Waals surface area contributed by atoms with Crippen LogP contribution in [0.4, 0.5) is 5.69 Å². The molecule has 0 saturated heterocycles. The number of carbonyl (C=O) groups excluding carboxylic acids is 2. The van der Waals surface area contributed by atoms with Crippen molar-refractivity contribution >= 4 is 29.0 Å². The van der Waals surface area contributed by atoms with E-state index in [2.05, 4.69) is 5.32 Å².